The zero-order chi connectivity index (χ0) is 14.7. The van der Waals surface area contributed by atoms with Crippen LogP contribution in [0.5, 0.6) is 11.5 Å². The number of rotatable bonds is 5. The van der Waals surface area contributed by atoms with Crippen LogP contribution in [0, 0.1) is 12.8 Å². The standard InChI is InChI=1S/C16H21NO2S/c1-10(2)6-15-16(17-11(3)20-15)12-7-13(18-4)9-14(8-12)19-5/h7-10H,6H2,1-5H3. The Hall–Kier alpha value is -1.55. The Morgan fingerprint density at radius 3 is 2.20 bits per heavy atom. The fourth-order valence-electron chi connectivity index (χ4n) is 2.15. The molecule has 108 valence electrons. The van der Waals surface area contributed by atoms with Gasteiger partial charge in [-0.15, -0.1) is 11.3 Å². The summed E-state index contributed by atoms with van der Waals surface area (Å²) in [6.07, 6.45) is 1.04. The highest BCUT2D eigenvalue weighted by Gasteiger charge is 2.14. The van der Waals surface area contributed by atoms with Crippen LogP contribution in [0.2, 0.25) is 0 Å². The third kappa shape index (κ3) is 3.31. The number of ether oxygens (including phenoxy) is 2. The highest BCUT2D eigenvalue weighted by molar-refractivity contribution is 7.12. The monoisotopic (exact) mass is 291 g/mol. The molecule has 0 aliphatic heterocycles. The van der Waals surface area contributed by atoms with Crippen LogP contribution in [0.15, 0.2) is 18.2 Å². The van der Waals surface area contributed by atoms with Gasteiger partial charge in [-0.25, -0.2) is 4.98 Å². The summed E-state index contributed by atoms with van der Waals surface area (Å²) in [5.74, 6) is 2.20. The van der Waals surface area contributed by atoms with E-state index in [4.69, 9.17) is 14.5 Å². The molecule has 0 fully saturated rings. The molecule has 0 aliphatic rings. The van der Waals surface area contributed by atoms with Gasteiger partial charge in [0, 0.05) is 16.5 Å². The summed E-state index contributed by atoms with van der Waals surface area (Å²) in [4.78, 5) is 6.02. The Morgan fingerprint density at radius 2 is 1.70 bits per heavy atom. The fourth-order valence-corrected chi connectivity index (χ4v) is 3.32. The molecule has 3 nitrogen and oxygen atoms in total. The van der Waals surface area contributed by atoms with Crippen LogP contribution in [-0.4, -0.2) is 19.2 Å². The van der Waals surface area contributed by atoms with Gasteiger partial charge in [-0.1, -0.05) is 13.8 Å². The lowest BCUT2D eigenvalue weighted by molar-refractivity contribution is 0.394. The number of hydrogen-bond donors (Lipinski definition) is 0. The number of aromatic nitrogens is 1. The van der Waals surface area contributed by atoms with E-state index in [-0.39, 0.29) is 0 Å². The van der Waals surface area contributed by atoms with Crippen molar-refractivity contribution >= 4 is 11.3 Å². The van der Waals surface area contributed by atoms with Crippen molar-refractivity contribution in [3.63, 3.8) is 0 Å². The van der Waals surface area contributed by atoms with E-state index in [0.29, 0.717) is 5.92 Å². The molecule has 0 unspecified atom stereocenters. The van der Waals surface area contributed by atoms with Crippen molar-refractivity contribution in [1.29, 1.82) is 0 Å². The van der Waals surface area contributed by atoms with Gasteiger partial charge in [0.15, 0.2) is 0 Å². The summed E-state index contributed by atoms with van der Waals surface area (Å²) in [7, 11) is 3.33. The van der Waals surface area contributed by atoms with Crippen LogP contribution in [0.3, 0.4) is 0 Å². The number of thiazole rings is 1. The predicted octanol–water partition coefficient (Wildman–Crippen LogP) is 4.33. The van der Waals surface area contributed by atoms with Gasteiger partial charge in [0.25, 0.3) is 0 Å². The van der Waals surface area contributed by atoms with E-state index in [1.54, 1.807) is 25.6 Å². The minimum Gasteiger partial charge on any atom is -0.497 e. The van der Waals surface area contributed by atoms with Crippen molar-refractivity contribution in [2.45, 2.75) is 27.2 Å². The molecule has 0 saturated carbocycles. The quantitative estimate of drug-likeness (QED) is 0.821. The van der Waals surface area contributed by atoms with Gasteiger partial charge in [-0.3, -0.25) is 0 Å². The molecule has 0 N–H and O–H groups in total. The predicted molar refractivity (Wildman–Crippen MR) is 83.9 cm³/mol. The Balaban J connectivity index is 2.49. The van der Waals surface area contributed by atoms with Crippen LogP contribution < -0.4 is 9.47 Å². The summed E-state index contributed by atoms with van der Waals surface area (Å²) >= 11 is 1.77. The van der Waals surface area contributed by atoms with Crippen LogP contribution in [-0.2, 0) is 6.42 Å². The van der Waals surface area contributed by atoms with Gasteiger partial charge in [0.2, 0.25) is 0 Å². The molecule has 0 spiro atoms. The molecule has 1 aromatic heterocycles. The molecule has 1 aromatic carbocycles. The third-order valence-electron chi connectivity index (χ3n) is 3.02. The number of methoxy groups -OCH3 is 2. The minimum absolute atomic E-state index is 0.612. The highest BCUT2D eigenvalue weighted by Crippen LogP contribution is 2.34. The first-order chi connectivity index (χ1) is 9.53. The average Bonchev–Trinajstić information content (AvgIpc) is 2.78. The summed E-state index contributed by atoms with van der Waals surface area (Å²) in [5, 5.41) is 1.09. The number of hydrogen-bond acceptors (Lipinski definition) is 4. The second-order valence-corrected chi connectivity index (χ2v) is 6.49. The van der Waals surface area contributed by atoms with Crippen LogP contribution in [0.25, 0.3) is 11.3 Å². The molecule has 1 heterocycles. The lowest BCUT2D eigenvalue weighted by Gasteiger charge is -2.09. The summed E-state index contributed by atoms with van der Waals surface area (Å²) < 4.78 is 10.7. The maximum absolute atomic E-state index is 5.34. The minimum atomic E-state index is 0.612. The van der Waals surface area contributed by atoms with Gasteiger partial charge in [-0.2, -0.15) is 0 Å². The molecule has 0 radical (unpaired) electrons. The molecule has 0 atom stereocenters. The van der Waals surface area contributed by atoms with Gasteiger partial charge in [0.1, 0.15) is 11.5 Å². The van der Waals surface area contributed by atoms with Gasteiger partial charge in [0.05, 0.1) is 24.9 Å². The first kappa shape index (κ1) is 14.9. The molecule has 0 bridgehead atoms. The molecule has 0 aliphatic carbocycles. The smallest absolute Gasteiger partial charge is 0.123 e. The largest absolute Gasteiger partial charge is 0.497 e. The maximum atomic E-state index is 5.34. The molecule has 0 amide bonds. The number of aryl methyl sites for hydroxylation is 1. The van der Waals surface area contributed by atoms with Crippen molar-refractivity contribution in [1.82, 2.24) is 4.98 Å². The Labute approximate surface area is 124 Å². The van der Waals surface area contributed by atoms with Crippen molar-refractivity contribution in [3.05, 3.63) is 28.1 Å². The topological polar surface area (TPSA) is 31.4 Å². The van der Waals surface area contributed by atoms with E-state index in [0.717, 1.165) is 34.2 Å². The van der Waals surface area contributed by atoms with E-state index in [9.17, 15) is 0 Å². The Kier molecular flexibility index (Phi) is 4.65. The summed E-state index contributed by atoms with van der Waals surface area (Å²) in [6.45, 7) is 6.51. The SMILES string of the molecule is COc1cc(OC)cc(-c2nc(C)sc2CC(C)C)c1. The average molecular weight is 291 g/mol. The first-order valence-electron chi connectivity index (χ1n) is 6.73. The molecular formula is C16H21NO2S. The number of benzene rings is 1. The van der Waals surface area contributed by atoms with E-state index >= 15 is 0 Å². The molecule has 2 rings (SSSR count). The molecule has 20 heavy (non-hydrogen) atoms. The second-order valence-electron chi connectivity index (χ2n) is 5.20. The molecule has 0 saturated heterocycles. The van der Waals surface area contributed by atoms with E-state index < -0.39 is 0 Å². The van der Waals surface area contributed by atoms with E-state index in [1.807, 2.05) is 18.2 Å². The Morgan fingerprint density at radius 1 is 1.10 bits per heavy atom. The lowest BCUT2D eigenvalue weighted by Crippen LogP contribution is -1.95. The third-order valence-corrected chi connectivity index (χ3v) is 4.02. The zero-order valence-corrected chi connectivity index (χ0v) is 13.5. The summed E-state index contributed by atoms with van der Waals surface area (Å²) in [6, 6.07) is 5.91. The van der Waals surface area contributed by atoms with Crippen molar-refractivity contribution < 1.29 is 9.47 Å². The van der Waals surface area contributed by atoms with Crippen molar-refractivity contribution in [3.8, 4) is 22.8 Å². The number of nitrogens with zero attached hydrogens (tertiary/aromatic N) is 1. The first-order valence-corrected chi connectivity index (χ1v) is 7.55. The van der Waals surface area contributed by atoms with Gasteiger partial charge < -0.3 is 9.47 Å². The second kappa shape index (κ2) is 6.27. The van der Waals surface area contributed by atoms with Crippen LogP contribution >= 0.6 is 11.3 Å². The normalized spacial score (nSPS) is 10.9. The van der Waals surface area contributed by atoms with Crippen molar-refractivity contribution in [2.24, 2.45) is 5.92 Å². The zero-order valence-electron chi connectivity index (χ0n) is 12.7. The van der Waals surface area contributed by atoms with E-state index in [1.165, 1.54) is 4.88 Å². The molecule has 2 aromatic rings. The van der Waals surface area contributed by atoms with Crippen LogP contribution in [0.4, 0.5) is 0 Å². The van der Waals surface area contributed by atoms with Gasteiger partial charge >= 0.3 is 0 Å². The fraction of sp³-hybridized carbons (Fsp3) is 0.438. The van der Waals surface area contributed by atoms with Crippen LogP contribution in [0.1, 0.15) is 23.7 Å². The lowest BCUT2D eigenvalue weighted by atomic mass is 10.0. The van der Waals surface area contributed by atoms with E-state index in [2.05, 4.69) is 20.8 Å². The Bertz CT molecular complexity index is 568. The van der Waals surface area contributed by atoms with Crippen molar-refractivity contribution in [2.75, 3.05) is 14.2 Å². The summed E-state index contributed by atoms with van der Waals surface area (Å²) in [5.41, 5.74) is 2.11. The molecular weight excluding hydrogens is 270 g/mol. The molecule has 4 heteroatoms. The highest BCUT2D eigenvalue weighted by atomic mass is 32.1. The maximum Gasteiger partial charge on any atom is 0.123 e. The van der Waals surface area contributed by atoms with Gasteiger partial charge in [-0.05, 0) is 31.4 Å².